The van der Waals surface area contributed by atoms with Crippen molar-refractivity contribution in [1.29, 1.82) is 0 Å². The van der Waals surface area contributed by atoms with Gasteiger partial charge in [-0.05, 0) is 60.2 Å². The molecule has 1 fully saturated rings. The van der Waals surface area contributed by atoms with Crippen molar-refractivity contribution in [3.63, 3.8) is 0 Å². The molecule has 0 saturated carbocycles. The molecule has 10 N–H and O–H groups in total. The molecule has 0 aliphatic carbocycles. The van der Waals surface area contributed by atoms with Gasteiger partial charge in [-0.1, -0.05) is 60.7 Å². The first kappa shape index (κ1) is 46.1. The SMILES string of the molecule is CSCC[C@H](NC(=O)[C@H](Cc1ccccc1)NC(=O)CNC(=O)CNC(=O)[C@@H](N)Cc1ccc(O)cc1)C(=O)OC[C@H]1O[C@@H](OC(=O)c2ccccc2)[C@H](O)[C@@H](O)[C@@H]1O. The first-order chi connectivity index (χ1) is 28.2. The summed E-state index contributed by atoms with van der Waals surface area (Å²) in [6, 6.07) is 19.1. The van der Waals surface area contributed by atoms with Crippen LogP contribution in [0.5, 0.6) is 5.75 Å². The third-order valence-electron chi connectivity index (χ3n) is 9.04. The Labute approximate surface area is 344 Å². The number of nitrogens with one attached hydrogen (secondary N) is 4. The minimum absolute atomic E-state index is 0.00293. The summed E-state index contributed by atoms with van der Waals surface area (Å²) in [7, 11) is 0. The molecule has 0 bridgehead atoms. The van der Waals surface area contributed by atoms with Gasteiger partial charge in [0.15, 0.2) is 0 Å². The van der Waals surface area contributed by atoms with Crippen LogP contribution in [0.25, 0.3) is 0 Å². The lowest BCUT2D eigenvalue weighted by Crippen LogP contribution is -2.60. The topological polar surface area (TPSA) is 285 Å². The van der Waals surface area contributed by atoms with Gasteiger partial charge in [-0.25, -0.2) is 9.59 Å². The molecule has 18 nitrogen and oxygen atoms in total. The third kappa shape index (κ3) is 14.6. The summed E-state index contributed by atoms with van der Waals surface area (Å²) in [5.74, 6) is -4.18. The zero-order valence-corrected chi connectivity index (χ0v) is 32.9. The highest BCUT2D eigenvalue weighted by atomic mass is 32.2. The molecule has 19 heteroatoms. The number of carbonyl (C=O) groups is 6. The molecule has 0 unspecified atom stereocenters. The summed E-state index contributed by atoms with van der Waals surface area (Å²) in [5.41, 5.74) is 7.44. The van der Waals surface area contributed by atoms with Gasteiger partial charge in [0, 0.05) is 6.42 Å². The zero-order chi connectivity index (χ0) is 42.9. The van der Waals surface area contributed by atoms with Crippen molar-refractivity contribution in [3.05, 3.63) is 102 Å². The Morgan fingerprint density at radius 1 is 0.746 bits per heavy atom. The number of carbonyl (C=O) groups excluding carboxylic acids is 6. The maximum atomic E-state index is 13.7. The second-order valence-electron chi connectivity index (χ2n) is 13.5. The number of nitrogens with two attached hydrogens (primary N) is 1. The van der Waals surface area contributed by atoms with Crippen LogP contribution in [0.4, 0.5) is 0 Å². The first-order valence-electron chi connectivity index (χ1n) is 18.6. The second-order valence-corrected chi connectivity index (χ2v) is 14.5. The van der Waals surface area contributed by atoms with Gasteiger partial charge in [-0.2, -0.15) is 11.8 Å². The van der Waals surface area contributed by atoms with Crippen LogP contribution in [0.2, 0.25) is 0 Å². The number of rotatable bonds is 20. The summed E-state index contributed by atoms with van der Waals surface area (Å²) in [6.45, 7) is -1.70. The average Bonchev–Trinajstić information content (AvgIpc) is 3.24. The summed E-state index contributed by atoms with van der Waals surface area (Å²) >= 11 is 1.38. The number of phenolic OH excluding ortho intramolecular Hbond substituents is 1. The van der Waals surface area contributed by atoms with E-state index in [9.17, 15) is 49.2 Å². The fraction of sp³-hybridized carbons (Fsp3) is 0.400. The molecule has 8 atom stereocenters. The van der Waals surface area contributed by atoms with E-state index in [1.807, 2.05) is 0 Å². The summed E-state index contributed by atoms with van der Waals surface area (Å²) < 4.78 is 16.2. The van der Waals surface area contributed by atoms with Gasteiger partial charge in [-0.15, -0.1) is 0 Å². The van der Waals surface area contributed by atoms with Crippen LogP contribution in [0.3, 0.4) is 0 Å². The number of aliphatic hydroxyl groups is 3. The van der Waals surface area contributed by atoms with Crippen molar-refractivity contribution in [2.24, 2.45) is 5.73 Å². The van der Waals surface area contributed by atoms with E-state index >= 15 is 0 Å². The number of aliphatic hydroxyl groups excluding tert-OH is 3. The highest BCUT2D eigenvalue weighted by Gasteiger charge is 2.46. The van der Waals surface area contributed by atoms with E-state index in [4.69, 9.17) is 19.9 Å². The molecule has 4 amide bonds. The zero-order valence-electron chi connectivity index (χ0n) is 32.1. The van der Waals surface area contributed by atoms with E-state index < -0.39 is 104 Å². The molecule has 0 radical (unpaired) electrons. The Balaban J connectivity index is 1.33. The molecule has 0 spiro atoms. The first-order valence-corrected chi connectivity index (χ1v) is 20.0. The molecule has 3 aromatic carbocycles. The Hall–Kier alpha value is -5.57. The summed E-state index contributed by atoms with van der Waals surface area (Å²) in [4.78, 5) is 77.6. The molecular formula is C40H49N5O13S. The molecule has 1 aliphatic heterocycles. The predicted octanol–water partition coefficient (Wildman–Crippen LogP) is -1.33. The molecule has 59 heavy (non-hydrogen) atoms. The Bertz CT molecular complexity index is 1860. The number of phenols is 1. The van der Waals surface area contributed by atoms with E-state index in [2.05, 4.69) is 21.3 Å². The van der Waals surface area contributed by atoms with Crippen LogP contribution >= 0.6 is 11.8 Å². The standard InChI is InChI=1S/C40H49N5O13S/c1-59-17-16-28(39(55)56-22-30-33(49)34(50)35(51)40(57-30)58-38(54)25-10-6-3-7-11-25)45-37(53)29(19-23-8-4-2-5-9-23)44-32(48)21-42-31(47)20-43-36(52)27(41)18-24-12-14-26(46)15-13-24/h2-15,27-30,33-35,40,46,49-51H,16-22,41H2,1H3,(H,42,47)(H,43,52)(H,44,48)(H,45,53)/t27-,28-,29-,30+,33+,34-,35+,40-/m0/s1. The number of ether oxygens (including phenoxy) is 3. The minimum Gasteiger partial charge on any atom is -0.508 e. The van der Waals surface area contributed by atoms with Crippen LogP contribution in [0.1, 0.15) is 27.9 Å². The number of esters is 2. The van der Waals surface area contributed by atoms with Crippen LogP contribution in [0, 0.1) is 0 Å². The molecule has 3 aromatic rings. The van der Waals surface area contributed by atoms with E-state index in [1.54, 1.807) is 66.9 Å². The number of benzene rings is 3. The number of hydrogen-bond donors (Lipinski definition) is 9. The van der Waals surface area contributed by atoms with Crippen LogP contribution in [-0.4, -0.2) is 137 Å². The third-order valence-corrected chi connectivity index (χ3v) is 9.68. The lowest BCUT2D eigenvalue weighted by atomic mass is 9.99. The molecular weight excluding hydrogens is 791 g/mol. The highest BCUT2D eigenvalue weighted by molar-refractivity contribution is 7.98. The fourth-order valence-corrected chi connectivity index (χ4v) is 6.22. The summed E-state index contributed by atoms with van der Waals surface area (Å²) in [5, 5.41) is 50.9. The van der Waals surface area contributed by atoms with Crippen LogP contribution in [0.15, 0.2) is 84.9 Å². The lowest BCUT2D eigenvalue weighted by Gasteiger charge is -2.39. The number of amides is 4. The van der Waals surface area contributed by atoms with Crippen molar-refractivity contribution in [3.8, 4) is 5.75 Å². The van der Waals surface area contributed by atoms with Crippen molar-refractivity contribution >= 4 is 47.3 Å². The maximum Gasteiger partial charge on any atom is 0.340 e. The second kappa shape index (κ2) is 23.1. The van der Waals surface area contributed by atoms with Gasteiger partial charge in [0.1, 0.15) is 48.9 Å². The predicted molar refractivity (Wildman–Crippen MR) is 212 cm³/mol. The highest BCUT2D eigenvalue weighted by Crippen LogP contribution is 2.24. The van der Waals surface area contributed by atoms with Crippen LogP contribution < -0.4 is 27.0 Å². The van der Waals surface area contributed by atoms with E-state index in [1.165, 1.54) is 36.0 Å². The summed E-state index contributed by atoms with van der Waals surface area (Å²) in [6.07, 6.45) is -6.55. The minimum atomic E-state index is -1.83. The average molecular weight is 840 g/mol. The molecule has 4 rings (SSSR count). The van der Waals surface area contributed by atoms with Gasteiger partial charge < -0.3 is 61.6 Å². The Morgan fingerprint density at radius 3 is 2.03 bits per heavy atom. The number of thioether (sulfide) groups is 1. The fourth-order valence-electron chi connectivity index (χ4n) is 5.74. The van der Waals surface area contributed by atoms with Crippen molar-refractivity contribution < 1.29 is 63.4 Å². The van der Waals surface area contributed by atoms with Crippen molar-refractivity contribution in [2.75, 3.05) is 31.7 Å². The molecule has 1 aliphatic rings. The van der Waals surface area contributed by atoms with Crippen LogP contribution in [-0.2, 0) is 51.0 Å². The maximum absolute atomic E-state index is 13.7. The lowest BCUT2D eigenvalue weighted by molar-refractivity contribution is -0.286. The van der Waals surface area contributed by atoms with Crippen molar-refractivity contribution in [1.82, 2.24) is 21.3 Å². The smallest absolute Gasteiger partial charge is 0.340 e. The molecule has 0 aromatic heterocycles. The van der Waals surface area contributed by atoms with Gasteiger partial charge in [-0.3, -0.25) is 19.2 Å². The Kier molecular flexibility index (Phi) is 18.1. The molecule has 1 saturated heterocycles. The normalized spacial score (nSPS) is 20.2. The van der Waals surface area contributed by atoms with Gasteiger partial charge >= 0.3 is 11.9 Å². The monoisotopic (exact) mass is 839 g/mol. The number of aromatic hydroxyl groups is 1. The van der Waals surface area contributed by atoms with Crippen molar-refractivity contribution in [2.45, 2.75) is 68.1 Å². The molecule has 1 heterocycles. The van der Waals surface area contributed by atoms with Gasteiger partial charge in [0.05, 0.1) is 24.7 Å². The van der Waals surface area contributed by atoms with E-state index in [0.29, 0.717) is 16.9 Å². The van der Waals surface area contributed by atoms with Gasteiger partial charge in [0.25, 0.3) is 0 Å². The largest absolute Gasteiger partial charge is 0.508 e. The van der Waals surface area contributed by atoms with Gasteiger partial charge in [0.2, 0.25) is 29.9 Å². The van der Waals surface area contributed by atoms with E-state index in [0.717, 1.165) is 0 Å². The quantitative estimate of drug-likeness (QED) is 0.0596. The molecule has 318 valence electrons. The van der Waals surface area contributed by atoms with E-state index in [-0.39, 0.29) is 30.6 Å². The Morgan fingerprint density at radius 2 is 1.37 bits per heavy atom. The number of hydrogen-bond acceptors (Lipinski definition) is 15.